The van der Waals surface area contributed by atoms with E-state index in [2.05, 4.69) is 20.7 Å². The molecule has 3 nitrogen and oxygen atoms in total. The summed E-state index contributed by atoms with van der Waals surface area (Å²) in [7, 11) is 0. The summed E-state index contributed by atoms with van der Waals surface area (Å²) in [5.74, 6) is -1.17. The Balaban J connectivity index is 2.81. The van der Waals surface area contributed by atoms with Crippen LogP contribution in [0.4, 0.5) is 22.0 Å². The van der Waals surface area contributed by atoms with Gasteiger partial charge in [0.05, 0.1) is 6.54 Å². The Bertz CT molecular complexity index is 464. The predicted octanol–water partition coefficient (Wildman–Crippen LogP) is 3.69. The molecular weight excluding hydrogens is 365 g/mol. The highest BCUT2D eigenvalue weighted by atomic mass is 79.9. The van der Waals surface area contributed by atoms with Gasteiger partial charge in [-0.15, -0.1) is 13.2 Å². The van der Waals surface area contributed by atoms with Gasteiger partial charge < -0.3 is 9.64 Å². The van der Waals surface area contributed by atoms with Gasteiger partial charge in [-0.1, -0.05) is 15.9 Å². The molecule has 0 atom stereocenters. The lowest BCUT2D eigenvalue weighted by atomic mass is 10.2. The molecule has 1 rings (SSSR count). The Labute approximate surface area is 125 Å². The third-order valence-corrected chi connectivity index (χ3v) is 2.69. The van der Waals surface area contributed by atoms with E-state index >= 15 is 0 Å². The summed E-state index contributed by atoms with van der Waals surface area (Å²) in [6.07, 6.45) is -7.52. The van der Waals surface area contributed by atoms with E-state index in [1.807, 2.05) is 0 Å². The molecular formula is C12H11BrF5NO2. The van der Waals surface area contributed by atoms with Crippen molar-refractivity contribution in [2.45, 2.75) is 12.8 Å². The molecule has 0 spiro atoms. The largest absolute Gasteiger partial charge is 0.573 e. The van der Waals surface area contributed by atoms with Gasteiger partial charge in [0.15, 0.2) is 0 Å². The maximum Gasteiger partial charge on any atom is 0.573 e. The van der Waals surface area contributed by atoms with Crippen LogP contribution >= 0.6 is 15.9 Å². The number of carbonyl (C=O) groups is 1. The molecule has 0 aliphatic heterocycles. The van der Waals surface area contributed by atoms with Gasteiger partial charge in [0.1, 0.15) is 5.75 Å². The molecule has 0 heterocycles. The van der Waals surface area contributed by atoms with Crippen LogP contribution in [-0.2, 0) is 0 Å². The lowest BCUT2D eigenvalue weighted by molar-refractivity contribution is -0.274. The monoisotopic (exact) mass is 375 g/mol. The average Bonchev–Trinajstić information content (AvgIpc) is 2.36. The number of rotatable bonds is 6. The summed E-state index contributed by atoms with van der Waals surface area (Å²) in [4.78, 5) is 12.9. The number of nitrogens with zero attached hydrogens (tertiary/aromatic N) is 1. The Kier molecular flexibility index (Phi) is 6.38. The molecule has 0 saturated carbocycles. The van der Waals surface area contributed by atoms with Gasteiger partial charge in [-0.2, -0.15) is 0 Å². The van der Waals surface area contributed by atoms with Gasteiger partial charge >= 0.3 is 6.36 Å². The van der Waals surface area contributed by atoms with Gasteiger partial charge in [-0.25, -0.2) is 8.78 Å². The Hall–Kier alpha value is -1.38. The molecule has 9 heteroatoms. The van der Waals surface area contributed by atoms with Crippen LogP contribution in [0, 0.1) is 0 Å². The van der Waals surface area contributed by atoms with Gasteiger partial charge in [-0.3, -0.25) is 4.79 Å². The van der Waals surface area contributed by atoms with E-state index < -0.39 is 31.0 Å². The molecule has 0 saturated heterocycles. The first-order valence-electron chi connectivity index (χ1n) is 5.72. The first-order chi connectivity index (χ1) is 9.73. The molecule has 0 N–H and O–H groups in total. The van der Waals surface area contributed by atoms with E-state index in [4.69, 9.17) is 0 Å². The second-order valence-electron chi connectivity index (χ2n) is 3.90. The molecule has 1 amide bonds. The predicted molar refractivity (Wildman–Crippen MR) is 68.8 cm³/mol. The minimum Gasteiger partial charge on any atom is -0.406 e. The van der Waals surface area contributed by atoms with Crippen molar-refractivity contribution in [3.8, 4) is 5.75 Å². The van der Waals surface area contributed by atoms with Gasteiger partial charge in [-0.05, 0) is 24.3 Å². The maximum absolute atomic E-state index is 12.4. The SMILES string of the molecule is O=C(c1ccc(OC(F)(F)F)cc1)N(CCBr)CC(F)F. The molecule has 1 aromatic carbocycles. The summed E-state index contributed by atoms with van der Waals surface area (Å²) in [6, 6.07) is 4.09. The van der Waals surface area contributed by atoms with Crippen molar-refractivity contribution in [1.82, 2.24) is 4.90 Å². The lowest BCUT2D eigenvalue weighted by Gasteiger charge is -2.21. The standard InChI is InChI=1S/C12H11BrF5NO2/c13-5-6-19(7-10(14)15)11(20)8-1-3-9(4-2-8)21-12(16,17)18/h1-4,10H,5-7H2. The zero-order valence-corrected chi connectivity index (χ0v) is 12.1. The van der Waals surface area contributed by atoms with Crippen LogP contribution in [-0.4, -0.2) is 42.0 Å². The van der Waals surface area contributed by atoms with Gasteiger partial charge in [0.2, 0.25) is 0 Å². The summed E-state index contributed by atoms with van der Waals surface area (Å²) in [5, 5.41) is 0.306. The molecule has 0 bridgehead atoms. The van der Waals surface area contributed by atoms with Crippen LogP contribution in [0.15, 0.2) is 24.3 Å². The van der Waals surface area contributed by atoms with Crippen LogP contribution in [0.2, 0.25) is 0 Å². The van der Waals surface area contributed by atoms with Gasteiger partial charge in [0.25, 0.3) is 12.3 Å². The highest BCUT2D eigenvalue weighted by molar-refractivity contribution is 9.09. The third kappa shape index (κ3) is 6.28. The number of ether oxygens (including phenoxy) is 1. The molecule has 0 unspecified atom stereocenters. The number of benzene rings is 1. The van der Waals surface area contributed by atoms with Crippen molar-refractivity contribution in [1.29, 1.82) is 0 Å². The normalized spacial score (nSPS) is 11.6. The van der Waals surface area contributed by atoms with Crippen molar-refractivity contribution in [3.63, 3.8) is 0 Å². The summed E-state index contributed by atoms with van der Waals surface area (Å²) < 4.78 is 64.4. The van der Waals surface area contributed by atoms with Gasteiger partial charge in [0, 0.05) is 17.4 Å². The topological polar surface area (TPSA) is 29.5 Å². The molecule has 1 aromatic rings. The number of carbonyl (C=O) groups excluding carboxylic acids is 1. The summed E-state index contributed by atoms with van der Waals surface area (Å²) in [6.45, 7) is -0.685. The molecule has 21 heavy (non-hydrogen) atoms. The van der Waals surface area contributed by atoms with E-state index in [-0.39, 0.29) is 12.1 Å². The van der Waals surface area contributed by atoms with E-state index in [1.54, 1.807) is 0 Å². The smallest absolute Gasteiger partial charge is 0.406 e. The highest BCUT2D eigenvalue weighted by Crippen LogP contribution is 2.23. The molecule has 0 radical (unpaired) electrons. The van der Waals surface area contributed by atoms with Crippen molar-refractivity contribution in [2.24, 2.45) is 0 Å². The fraction of sp³-hybridized carbons (Fsp3) is 0.417. The fourth-order valence-corrected chi connectivity index (χ4v) is 1.95. The molecule has 118 valence electrons. The zero-order chi connectivity index (χ0) is 16.0. The van der Waals surface area contributed by atoms with Crippen molar-refractivity contribution < 1.29 is 31.5 Å². The fourth-order valence-electron chi connectivity index (χ4n) is 1.53. The van der Waals surface area contributed by atoms with Crippen LogP contribution in [0.25, 0.3) is 0 Å². The van der Waals surface area contributed by atoms with Crippen LogP contribution < -0.4 is 4.74 Å². The number of amides is 1. The number of halogens is 6. The minimum absolute atomic E-state index is 0.00567. The average molecular weight is 376 g/mol. The van der Waals surface area contributed by atoms with Crippen LogP contribution in [0.1, 0.15) is 10.4 Å². The first kappa shape index (κ1) is 17.7. The van der Waals surface area contributed by atoms with E-state index in [0.717, 1.165) is 29.2 Å². The summed E-state index contributed by atoms with van der Waals surface area (Å²) in [5.41, 5.74) is 0.00567. The number of alkyl halides is 6. The Morgan fingerprint density at radius 1 is 1.24 bits per heavy atom. The molecule has 0 aliphatic carbocycles. The van der Waals surface area contributed by atoms with Crippen molar-refractivity contribution in [2.75, 3.05) is 18.4 Å². The van der Waals surface area contributed by atoms with Crippen molar-refractivity contribution >= 4 is 21.8 Å². The highest BCUT2D eigenvalue weighted by Gasteiger charge is 2.31. The third-order valence-electron chi connectivity index (χ3n) is 2.33. The lowest BCUT2D eigenvalue weighted by Crippen LogP contribution is -2.36. The second-order valence-corrected chi connectivity index (χ2v) is 4.70. The molecule has 0 aromatic heterocycles. The minimum atomic E-state index is -4.83. The number of hydrogen-bond acceptors (Lipinski definition) is 2. The van der Waals surface area contributed by atoms with Crippen LogP contribution in [0.5, 0.6) is 5.75 Å². The summed E-state index contributed by atoms with van der Waals surface area (Å²) >= 11 is 3.04. The molecule has 0 aliphatic rings. The van der Waals surface area contributed by atoms with E-state index in [1.165, 1.54) is 0 Å². The second kappa shape index (κ2) is 7.58. The number of hydrogen-bond donors (Lipinski definition) is 0. The van der Waals surface area contributed by atoms with Crippen LogP contribution in [0.3, 0.4) is 0 Å². The quantitative estimate of drug-likeness (QED) is 0.560. The zero-order valence-electron chi connectivity index (χ0n) is 10.5. The van der Waals surface area contributed by atoms with E-state index in [9.17, 15) is 26.7 Å². The Morgan fingerprint density at radius 2 is 1.81 bits per heavy atom. The Morgan fingerprint density at radius 3 is 2.24 bits per heavy atom. The van der Waals surface area contributed by atoms with Crippen molar-refractivity contribution in [3.05, 3.63) is 29.8 Å². The maximum atomic E-state index is 12.4. The molecule has 0 fully saturated rings. The van der Waals surface area contributed by atoms with E-state index in [0.29, 0.717) is 5.33 Å². The first-order valence-corrected chi connectivity index (χ1v) is 6.84.